The first kappa shape index (κ1) is 27.3. The number of carbonyl (C=O) groups excluding carboxylic acids is 3. The van der Waals surface area contributed by atoms with Gasteiger partial charge in [-0.3, -0.25) is 14.5 Å². The monoisotopic (exact) mass is 542 g/mol. The molecule has 0 fully saturated rings. The van der Waals surface area contributed by atoms with E-state index in [1.165, 1.54) is 57.4 Å². The average Bonchev–Trinajstić information content (AvgIpc) is 3.38. The van der Waals surface area contributed by atoms with Gasteiger partial charge in [-0.25, -0.2) is 9.59 Å². The number of rotatable bonds is 7. The van der Waals surface area contributed by atoms with E-state index in [0.29, 0.717) is 22.6 Å². The first-order chi connectivity index (χ1) is 19.1. The van der Waals surface area contributed by atoms with Gasteiger partial charge in [0.25, 0.3) is 5.91 Å². The number of amides is 2. The number of ketones is 1. The summed E-state index contributed by atoms with van der Waals surface area (Å²) in [6.07, 6.45) is -0.611. The minimum atomic E-state index is -1.34. The fourth-order valence-electron chi connectivity index (χ4n) is 4.10. The fraction of sp³-hybridized carbons (Fsp3) is 0.143. The zero-order valence-electron chi connectivity index (χ0n) is 21.8. The summed E-state index contributed by atoms with van der Waals surface area (Å²) in [6.45, 7) is 1.36. The van der Waals surface area contributed by atoms with Crippen molar-refractivity contribution in [2.24, 2.45) is 0 Å². The Hall–Kier alpha value is -5.70. The third kappa shape index (κ3) is 5.03. The number of carboxylic acid groups (broad SMARTS) is 1. The summed E-state index contributed by atoms with van der Waals surface area (Å²) in [5.41, 5.74) is 1.25. The molecule has 0 atom stereocenters. The van der Waals surface area contributed by atoms with E-state index in [1.54, 1.807) is 18.2 Å². The van der Waals surface area contributed by atoms with Crippen LogP contribution in [0.3, 0.4) is 0 Å². The molecule has 0 radical (unpaired) electrons. The van der Waals surface area contributed by atoms with Crippen LogP contribution < -0.4 is 15.0 Å². The van der Waals surface area contributed by atoms with Gasteiger partial charge in [0.2, 0.25) is 0 Å². The van der Waals surface area contributed by atoms with Gasteiger partial charge in [-0.15, -0.1) is 0 Å². The number of hydrogen-bond donors (Lipinski definition) is 2. The van der Waals surface area contributed by atoms with Crippen molar-refractivity contribution in [1.29, 1.82) is 5.26 Å². The Labute approximate surface area is 227 Å². The molecule has 0 saturated carbocycles. The molecule has 0 bridgehead atoms. The van der Waals surface area contributed by atoms with Crippen molar-refractivity contribution in [2.45, 2.75) is 6.92 Å². The second-order valence-corrected chi connectivity index (χ2v) is 8.53. The standard InChI is InChI=1S/C28H22N4O8/c1-14(33)17-12-24-21(11-18(17)19-10-16(6-8-23(19)38-3)32(2)28(37)39-4)25(31-40-24)26(34)30-22-7-5-15(13-29)9-20(22)27(35)36/h5-12H,1-4H3,(H,30,34)(H,35,36). The molecule has 0 spiro atoms. The molecule has 0 saturated heterocycles. The van der Waals surface area contributed by atoms with E-state index in [2.05, 4.69) is 10.5 Å². The Morgan fingerprint density at radius 1 is 1.02 bits per heavy atom. The van der Waals surface area contributed by atoms with Crippen molar-refractivity contribution in [1.82, 2.24) is 5.16 Å². The van der Waals surface area contributed by atoms with Crippen LogP contribution in [0.5, 0.6) is 5.75 Å². The van der Waals surface area contributed by atoms with E-state index >= 15 is 0 Å². The van der Waals surface area contributed by atoms with Crippen molar-refractivity contribution < 1.29 is 38.3 Å². The lowest BCUT2D eigenvalue weighted by Gasteiger charge is -2.19. The second kappa shape index (κ2) is 11.0. The van der Waals surface area contributed by atoms with Crippen LogP contribution in [-0.2, 0) is 4.74 Å². The highest BCUT2D eigenvalue weighted by atomic mass is 16.5. The molecule has 12 nitrogen and oxygen atoms in total. The summed E-state index contributed by atoms with van der Waals surface area (Å²) in [5, 5.41) is 25.2. The molecule has 4 rings (SSSR count). The number of hydrogen-bond acceptors (Lipinski definition) is 9. The maximum Gasteiger partial charge on any atom is 0.413 e. The first-order valence-corrected chi connectivity index (χ1v) is 11.6. The Balaban J connectivity index is 1.86. The Bertz CT molecular complexity index is 1730. The van der Waals surface area contributed by atoms with Gasteiger partial charge in [-0.2, -0.15) is 5.26 Å². The van der Waals surface area contributed by atoms with E-state index in [4.69, 9.17) is 19.3 Å². The summed E-state index contributed by atoms with van der Waals surface area (Å²) in [6, 6.07) is 13.5. The number of carbonyl (C=O) groups is 4. The molecular formula is C28H22N4O8. The maximum atomic E-state index is 13.2. The Kier molecular flexibility index (Phi) is 7.49. The van der Waals surface area contributed by atoms with Crippen LogP contribution in [0.15, 0.2) is 53.1 Å². The van der Waals surface area contributed by atoms with Crippen LogP contribution in [0.4, 0.5) is 16.2 Å². The number of fused-ring (bicyclic) bond motifs is 1. The molecule has 2 N–H and O–H groups in total. The number of ether oxygens (including phenoxy) is 2. The highest BCUT2D eigenvalue weighted by Gasteiger charge is 2.24. The first-order valence-electron chi connectivity index (χ1n) is 11.6. The normalized spacial score (nSPS) is 10.5. The van der Waals surface area contributed by atoms with Gasteiger partial charge in [-0.1, -0.05) is 5.16 Å². The van der Waals surface area contributed by atoms with Crippen molar-refractivity contribution >= 4 is 46.1 Å². The minimum Gasteiger partial charge on any atom is -0.496 e. The molecule has 1 heterocycles. The molecule has 1 aromatic heterocycles. The summed E-state index contributed by atoms with van der Waals surface area (Å²) < 4.78 is 15.7. The predicted octanol–water partition coefficient (Wildman–Crippen LogP) is 4.73. The molecule has 40 heavy (non-hydrogen) atoms. The number of nitriles is 1. The van der Waals surface area contributed by atoms with Crippen LogP contribution in [-0.4, -0.2) is 55.3 Å². The summed E-state index contributed by atoms with van der Waals surface area (Å²) >= 11 is 0. The number of nitrogens with one attached hydrogen (secondary N) is 1. The number of methoxy groups -OCH3 is 2. The molecule has 0 aliphatic carbocycles. The van der Waals surface area contributed by atoms with Crippen LogP contribution in [0.1, 0.15) is 43.7 Å². The smallest absolute Gasteiger partial charge is 0.413 e. The topological polar surface area (TPSA) is 172 Å². The molecular weight excluding hydrogens is 520 g/mol. The van der Waals surface area contributed by atoms with Crippen LogP contribution >= 0.6 is 0 Å². The number of benzene rings is 3. The van der Waals surface area contributed by atoms with Gasteiger partial charge in [0.1, 0.15) is 5.75 Å². The van der Waals surface area contributed by atoms with Crippen molar-refractivity contribution in [3.63, 3.8) is 0 Å². The number of aromatic nitrogens is 1. The largest absolute Gasteiger partial charge is 0.496 e. The van der Waals surface area contributed by atoms with Gasteiger partial charge >= 0.3 is 12.1 Å². The van der Waals surface area contributed by atoms with E-state index in [0.717, 1.165) is 6.07 Å². The average molecular weight is 543 g/mol. The van der Waals surface area contributed by atoms with Crippen LogP contribution in [0.25, 0.3) is 22.1 Å². The van der Waals surface area contributed by atoms with E-state index in [1.807, 2.05) is 6.07 Å². The second-order valence-electron chi connectivity index (χ2n) is 8.53. The quantitative estimate of drug-likeness (QED) is 0.311. The highest BCUT2D eigenvalue weighted by molar-refractivity contribution is 6.15. The zero-order chi connectivity index (χ0) is 29.1. The van der Waals surface area contributed by atoms with E-state index < -0.39 is 18.0 Å². The molecule has 202 valence electrons. The summed E-state index contributed by atoms with van der Waals surface area (Å²) in [4.78, 5) is 50.9. The maximum absolute atomic E-state index is 13.2. The van der Waals surface area contributed by atoms with Crippen molar-refractivity contribution in [2.75, 3.05) is 31.5 Å². The predicted molar refractivity (Wildman–Crippen MR) is 143 cm³/mol. The van der Waals surface area contributed by atoms with Gasteiger partial charge in [0.15, 0.2) is 17.1 Å². The van der Waals surface area contributed by atoms with Gasteiger partial charge in [0.05, 0.1) is 42.5 Å². The third-order valence-electron chi connectivity index (χ3n) is 6.14. The van der Waals surface area contributed by atoms with Crippen LogP contribution in [0, 0.1) is 11.3 Å². The van der Waals surface area contributed by atoms with Gasteiger partial charge in [0, 0.05) is 23.9 Å². The Morgan fingerprint density at radius 3 is 2.40 bits per heavy atom. The molecule has 0 aliphatic heterocycles. The molecule has 0 unspecified atom stereocenters. The number of Topliss-reactive ketones (excluding diaryl/α,β-unsaturated/α-hetero) is 1. The van der Waals surface area contributed by atoms with E-state index in [9.17, 15) is 24.3 Å². The number of aromatic carboxylic acids is 1. The minimum absolute atomic E-state index is 0.0477. The fourth-order valence-corrected chi connectivity index (χ4v) is 4.10. The molecule has 3 aromatic carbocycles. The van der Waals surface area contributed by atoms with Crippen molar-refractivity contribution in [3.8, 4) is 22.9 Å². The lowest BCUT2D eigenvalue weighted by molar-refractivity contribution is 0.0697. The highest BCUT2D eigenvalue weighted by Crippen LogP contribution is 2.38. The van der Waals surface area contributed by atoms with E-state index in [-0.39, 0.29) is 44.8 Å². The molecule has 4 aromatic rings. The van der Waals surface area contributed by atoms with Crippen LogP contribution in [0.2, 0.25) is 0 Å². The summed E-state index contributed by atoms with van der Waals surface area (Å²) in [5.74, 6) is -2.04. The molecule has 2 amide bonds. The molecule has 12 heteroatoms. The number of anilines is 2. The lowest BCUT2D eigenvalue weighted by Crippen LogP contribution is -2.25. The van der Waals surface area contributed by atoms with Gasteiger partial charge in [-0.05, 0) is 61.0 Å². The zero-order valence-corrected chi connectivity index (χ0v) is 21.8. The Morgan fingerprint density at radius 2 is 1.77 bits per heavy atom. The SMILES string of the molecule is COC(=O)N(C)c1ccc(OC)c(-c2cc3c(C(=O)Nc4ccc(C#N)cc4C(=O)O)noc3cc2C(C)=O)c1. The van der Waals surface area contributed by atoms with Crippen molar-refractivity contribution in [3.05, 3.63) is 70.9 Å². The lowest BCUT2D eigenvalue weighted by atomic mass is 9.94. The summed E-state index contributed by atoms with van der Waals surface area (Å²) in [7, 11) is 4.22. The number of carboxylic acids is 1. The van der Waals surface area contributed by atoms with Gasteiger partial charge < -0.3 is 24.4 Å². The third-order valence-corrected chi connectivity index (χ3v) is 6.14. The molecule has 0 aliphatic rings. The number of nitrogens with zero attached hydrogens (tertiary/aromatic N) is 3.